The second-order valence-electron chi connectivity index (χ2n) is 4.11. The molecule has 0 spiro atoms. The van der Waals surface area contributed by atoms with Gasteiger partial charge in [0.1, 0.15) is 0 Å². The average molecular weight is 266 g/mol. The molecular weight excluding hydrogens is 250 g/mol. The van der Waals surface area contributed by atoms with Crippen LogP contribution in [0.3, 0.4) is 0 Å². The number of aryl methyl sites for hydroxylation is 1. The van der Waals surface area contributed by atoms with Crippen LogP contribution < -0.4 is 5.73 Å². The molecule has 0 saturated carbocycles. The summed E-state index contributed by atoms with van der Waals surface area (Å²) >= 11 is 7.71. The second kappa shape index (κ2) is 5.67. The summed E-state index contributed by atoms with van der Waals surface area (Å²) in [4.78, 5) is 1.08. The molecule has 1 nitrogen and oxygen atoms in total. The lowest BCUT2D eigenvalue weighted by Gasteiger charge is -2.11. The Kier molecular flexibility index (Phi) is 4.21. The van der Waals surface area contributed by atoms with Crippen molar-refractivity contribution in [2.45, 2.75) is 25.8 Å². The van der Waals surface area contributed by atoms with Crippen LogP contribution in [0.1, 0.15) is 29.0 Å². The smallest absolute Gasteiger partial charge is 0.0561 e. The van der Waals surface area contributed by atoms with Gasteiger partial charge >= 0.3 is 0 Å². The summed E-state index contributed by atoms with van der Waals surface area (Å²) in [5.74, 6) is 0. The lowest BCUT2D eigenvalue weighted by atomic mass is 10.0. The average Bonchev–Trinajstić information content (AvgIpc) is 2.76. The van der Waals surface area contributed by atoms with E-state index in [1.807, 2.05) is 11.4 Å². The summed E-state index contributed by atoms with van der Waals surface area (Å²) in [7, 11) is 0. The van der Waals surface area contributed by atoms with Gasteiger partial charge in [0.2, 0.25) is 0 Å². The van der Waals surface area contributed by atoms with Gasteiger partial charge in [-0.3, -0.25) is 0 Å². The van der Waals surface area contributed by atoms with E-state index in [0.29, 0.717) is 0 Å². The largest absolute Gasteiger partial charge is 0.323 e. The molecule has 90 valence electrons. The zero-order valence-electron chi connectivity index (χ0n) is 9.82. The van der Waals surface area contributed by atoms with Crippen LogP contribution in [0.25, 0.3) is 0 Å². The monoisotopic (exact) mass is 265 g/mol. The van der Waals surface area contributed by atoms with Crippen LogP contribution in [0, 0.1) is 0 Å². The Balaban J connectivity index is 2.07. The molecule has 0 radical (unpaired) electrons. The van der Waals surface area contributed by atoms with Crippen LogP contribution >= 0.6 is 22.9 Å². The van der Waals surface area contributed by atoms with Gasteiger partial charge in [-0.2, -0.15) is 0 Å². The van der Waals surface area contributed by atoms with Gasteiger partial charge in [-0.05, 0) is 35.4 Å². The number of nitrogens with two attached hydrogens (primary N) is 1. The molecule has 1 atom stereocenters. The van der Waals surface area contributed by atoms with Crippen LogP contribution in [-0.4, -0.2) is 0 Å². The minimum absolute atomic E-state index is 0.00465. The first-order valence-corrected chi connectivity index (χ1v) is 7.02. The molecule has 0 amide bonds. The van der Waals surface area contributed by atoms with Crippen LogP contribution in [0.15, 0.2) is 35.7 Å². The Morgan fingerprint density at radius 2 is 1.82 bits per heavy atom. The van der Waals surface area contributed by atoms with Gasteiger partial charge in [0.25, 0.3) is 0 Å². The minimum atomic E-state index is -0.00465. The molecule has 2 aromatic rings. The van der Waals surface area contributed by atoms with Crippen LogP contribution in [-0.2, 0) is 12.8 Å². The van der Waals surface area contributed by atoms with E-state index in [9.17, 15) is 0 Å². The van der Waals surface area contributed by atoms with E-state index in [0.717, 1.165) is 22.7 Å². The molecule has 1 aromatic heterocycles. The van der Waals surface area contributed by atoms with E-state index in [1.165, 1.54) is 11.1 Å². The van der Waals surface area contributed by atoms with Crippen molar-refractivity contribution >= 4 is 22.9 Å². The van der Waals surface area contributed by atoms with Crippen molar-refractivity contribution < 1.29 is 0 Å². The maximum absolute atomic E-state index is 6.17. The zero-order valence-corrected chi connectivity index (χ0v) is 11.4. The van der Waals surface area contributed by atoms with Gasteiger partial charge in [-0.25, -0.2) is 0 Å². The van der Waals surface area contributed by atoms with Crippen LogP contribution in [0.4, 0.5) is 0 Å². The molecule has 3 heteroatoms. The molecule has 0 aliphatic rings. The molecule has 1 aromatic carbocycles. The first kappa shape index (κ1) is 12.6. The van der Waals surface area contributed by atoms with E-state index in [-0.39, 0.29) is 6.04 Å². The Morgan fingerprint density at radius 3 is 2.35 bits per heavy atom. The quantitative estimate of drug-likeness (QED) is 0.881. The van der Waals surface area contributed by atoms with Gasteiger partial charge in [-0.15, -0.1) is 11.3 Å². The molecule has 0 aliphatic heterocycles. The summed E-state index contributed by atoms with van der Waals surface area (Å²) in [6, 6.07) is 10.5. The summed E-state index contributed by atoms with van der Waals surface area (Å²) in [6.07, 6.45) is 1.91. The third kappa shape index (κ3) is 3.09. The first-order chi connectivity index (χ1) is 8.20. The van der Waals surface area contributed by atoms with Crippen molar-refractivity contribution in [1.82, 2.24) is 0 Å². The number of rotatable bonds is 4. The van der Waals surface area contributed by atoms with Gasteiger partial charge in [0.05, 0.1) is 5.02 Å². The third-order valence-electron chi connectivity index (χ3n) is 2.87. The number of benzene rings is 1. The van der Waals surface area contributed by atoms with E-state index in [2.05, 4.69) is 31.2 Å². The fourth-order valence-electron chi connectivity index (χ4n) is 1.83. The summed E-state index contributed by atoms with van der Waals surface area (Å²) < 4.78 is 0. The standard InChI is InChI=1S/C14H16ClNS/c1-2-10-3-5-11(6-4-10)9-13(16)14-12(15)7-8-17-14/h3-8,13H,2,9,16H2,1H3. The van der Waals surface area contributed by atoms with E-state index >= 15 is 0 Å². The topological polar surface area (TPSA) is 26.0 Å². The van der Waals surface area contributed by atoms with Crippen LogP contribution in [0.2, 0.25) is 5.02 Å². The van der Waals surface area contributed by atoms with Crippen molar-refractivity contribution in [2.75, 3.05) is 0 Å². The highest BCUT2D eigenvalue weighted by Gasteiger charge is 2.12. The van der Waals surface area contributed by atoms with Crippen LogP contribution in [0.5, 0.6) is 0 Å². The highest BCUT2D eigenvalue weighted by Crippen LogP contribution is 2.29. The van der Waals surface area contributed by atoms with Crippen molar-refractivity contribution in [3.63, 3.8) is 0 Å². The second-order valence-corrected chi connectivity index (χ2v) is 5.47. The maximum Gasteiger partial charge on any atom is 0.0561 e. The molecule has 0 saturated heterocycles. The summed E-state index contributed by atoms with van der Waals surface area (Å²) in [5, 5.41) is 2.77. The maximum atomic E-state index is 6.17. The van der Waals surface area contributed by atoms with Gasteiger partial charge in [-0.1, -0.05) is 42.8 Å². The molecule has 0 fully saturated rings. The van der Waals surface area contributed by atoms with Gasteiger partial charge in [0.15, 0.2) is 0 Å². The van der Waals surface area contributed by atoms with E-state index in [1.54, 1.807) is 11.3 Å². The number of thiophene rings is 1. The molecule has 0 aliphatic carbocycles. The molecule has 1 heterocycles. The lowest BCUT2D eigenvalue weighted by molar-refractivity contribution is 0.736. The van der Waals surface area contributed by atoms with Gasteiger partial charge < -0.3 is 5.73 Å². The molecule has 1 unspecified atom stereocenters. The Hall–Kier alpha value is -0.830. The van der Waals surface area contributed by atoms with E-state index in [4.69, 9.17) is 17.3 Å². The summed E-state index contributed by atoms with van der Waals surface area (Å²) in [6.45, 7) is 2.16. The highest BCUT2D eigenvalue weighted by molar-refractivity contribution is 7.10. The Bertz CT molecular complexity index is 475. The Labute approximate surface area is 111 Å². The van der Waals surface area contributed by atoms with E-state index < -0.39 is 0 Å². The molecule has 0 bridgehead atoms. The number of halogens is 1. The predicted molar refractivity (Wildman–Crippen MR) is 75.8 cm³/mol. The van der Waals surface area contributed by atoms with Crippen molar-refractivity contribution in [3.05, 3.63) is 56.7 Å². The fourth-order valence-corrected chi connectivity index (χ4v) is 3.03. The fraction of sp³-hybridized carbons (Fsp3) is 0.286. The first-order valence-electron chi connectivity index (χ1n) is 5.77. The molecule has 2 rings (SSSR count). The highest BCUT2D eigenvalue weighted by atomic mass is 35.5. The number of hydrogen-bond donors (Lipinski definition) is 1. The molecule has 17 heavy (non-hydrogen) atoms. The SMILES string of the molecule is CCc1ccc(CC(N)c2sccc2Cl)cc1. The van der Waals surface area contributed by atoms with Crippen molar-refractivity contribution in [1.29, 1.82) is 0 Å². The summed E-state index contributed by atoms with van der Waals surface area (Å²) in [5.41, 5.74) is 8.79. The normalized spacial score (nSPS) is 12.6. The van der Waals surface area contributed by atoms with Gasteiger partial charge in [0, 0.05) is 10.9 Å². The molecular formula is C14H16ClNS. The molecule has 2 N–H and O–H groups in total. The van der Waals surface area contributed by atoms with Crippen molar-refractivity contribution in [2.24, 2.45) is 5.73 Å². The lowest BCUT2D eigenvalue weighted by Crippen LogP contribution is -2.12. The third-order valence-corrected chi connectivity index (χ3v) is 4.36. The minimum Gasteiger partial charge on any atom is -0.323 e. The number of hydrogen-bond acceptors (Lipinski definition) is 2. The predicted octanol–water partition coefficient (Wildman–Crippen LogP) is 4.21. The zero-order chi connectivity index (χ0) is 12.3. The Morgan fingerprint density at radius 1 is 1.18 bits per heavy atom. The van der Waals surface area contributed by atoms with Crippen molar-refractivity contribution in [3.8, 4) is 0 Å².